The predicted molar refractivity (Wildman–Crippen MR) is 61.0 cm³/mol. The van der Waals surface area contributed by atoms with Crippen LogP contribution in [0, 0.1) is 0 Å². The Morgan fingerprint density at radius 2 is 2.31 bits per heavy atom. The van der Waals surface area contributed by atoms with E-state index in [-0.39, 0.29) is 0 Å². The molecule has 0 amide bonds. The van der Waals surface area contributed by atoms with E-state index in [2.05, 4.69) is 5.10 Å². The van der Waals surface area contributed by atoms with E-state index in [1.807, 2.05) is 32.1 Å². The quantitative estimate of drug-likeness (QED) is 0.815. The largest absolute Gasteiger partial charge is 0.480 e. The van der Waals surface area contributed by atoms with Crippen molar-refractivity contribution in [2.75, 3.05) is 7.05 Å². The van der Waals surface area contributed by atoms with Gasteiger partial charge >= 0.3 is 5.97 Å². The molecule has 0 bridgehead atoms. The number of carbonyl (C=O) groups is 1. The van der Waals surface area contributed by atoms with Crippen molar-refractivity contribution in [3.8, 4) is 0 Å². The van der Waals surface area contributed by atoms with Crippen LogP contribution in [0.2, 0.25) is 0 Å². The van der Waals surface area contributed by atoms with Gasteiger partial charge in [0.2, 0.25) is 0 Å². The van der Waals surface area contributed by atoms with Crippen molar-refractivity contribution in [1.82, 2.24) is 14.7 Å². The molecule has 5 nitrogen and oxygen atoms in total. The first kappa shape index (κ1) is 12.7. The molecule has 0 radical (unpaired) electrons. The second-order valence-electron chi connectivity index (χ2n) is 4.31. The molecule has 0 saturated carbocycles. The first-order chi connectivity index (χ1) is 7.40. The lowest BCUT2D eigenvalue weighted by Gasteiger charge is -2.33. The lowest BCUT2D eigenvalue weighted by Crippen LogP contribution is -2.49. The average Bonchev–Trinajstić information content (AvgIpc) is 2.62. The molecule has 0 aliphatic heterocycles. The summed E-state index contributed by atoms with van der Waals surface area (Å²) in [4.78, 5) is 13.1. The van der Waals surface area contributed by atoms with Crippen LogP contribution in [-0.4, -0.2) is 38.3 Å². The van der Waals surface area contributed by atoms with Crippen LogP contribution in [-0.2, 0) is 18.4 Å². The summed E-state index contributed by atoms with van der Waals surface area (Å²) in [6, 6.07) is 0. The third kappa shape index (κ3) is 2.41. The van der Waals surface area contributed by atoms with E-state index < -0.39 is 11.5 Å². The van der Waals surface area contributed by atoms with Crippen molar-refractivity contribution in [3.05, 3.63) is 18.0 Å². The fourth-order valence-corrected chi connectivity index (χ4v) is 1.59. The minimum absolute atomic E-state index is 0.569. The molecule has 0 aliphatic rings. The van der Waals surface area contributed by atoms with Crippen LogP contribution in [0.25, 0.3) is 0 Å². The molecular weight excluding hydrogens is 206 g/mol. The molecule has 1 aromatic heterocycles. The van der Waals surface area contributed by atoms with Crippen molar-refractivity contribution in [3.63, 3.8) is 0 Å². The summed E-state index contributed by atoms with van der Waals surface area (Å²) in [5, 5.41) is 13.3. The lowest BCUT2D eigenvalue weighted by molar-refractivity contribution is -0.150. The van der Waals surface area contributed by atoms with E-state index in [1.165, 1.54) is 0 Å². The maximum Gasteiger partial charge on any atom is 0.323 e. The SMILES string of the molecule is CCC(C)(C(=O)O)N(C)Cc1cnn(C)c1. The van der Waals surface area contributed by atoms with Gasteiger partial charge in [-0.25, -0.2) is 0 Å². The Kier molecular flexibility index (Phi) is 3.70. The summed E-state index contributed by atoms with van der Waals surface area (Å²) >= 11 is 0. The molecule has 5 heteroatoms. The number of carboxylic acid groups (broad SMARTS) is 1. The van der Waals surface area contributed by atoms with Crippen molar-refractivity contribution in [2.24, 2.45) is 7.05 Å². The van der Waals surface area contributed by atoms with Crippen LogP contribution in [0.1, 0.15) is 25.8 Å². The summed E-state index contributed by atoms with van der Waals surface area (Å²) in [7, 11) is 3.67. The van der Waals surface area contributed by atoms with Gasteiger partial charge in [-0.05, 0) is 20.4 Å². The molecule has 1 aromatic rings. The van der Waals surface area contributed by atoms with Crippen LogP contribution < -0.4 is 0 Å². The minimum Gasteiger partial charge on any atom is -0.480 e. The van der Waals surface area contributed by atoms with E-state index in [0.717, 1.165) is 5.56 Å². The number of likely N-dealkylation sites (N-methyl/N-ethyl adjacent to an activating group) is 1. The van der Waals surface area contributed by atoms with Gasteiger partial charge < -0.3 is 5.11 Å². The molecule has 0 saturated heterocycles. The summed E-state index contributed by atoms with van der Waals surface area (Å²) in [5.41, 5.74) is 0.196. The first-order valence-electron chi connectivity index (χ1n) is 5.32. The number of hydrogen-bond donors (Lipinski definition) is 1. The molecule has 0 aliphatic carbocycles. The minimum atomic E-state index is -0.824. The number of nitrogens with zero attached hydrogens (tertiary/aromatic N) is 3. The van der Waals surface area contributed by atoms with Crippen LogP contribution in [0.15, 0.2) is 12.4 Å². The smallest absolute Gasteiger partial charge is 0.323 e. The van der Waals surface area contributed by atoms with Gasteiger partial charge in [0.15, 0.2) is 0 Å². The van der Waals surface area contributed by atoms with E-state index in [0.29, 0.717) is 13.0 Å². The van der Waals surface area contributed by atoms with Crippen molar-refractivity contribution < 1.29 is 9.90 Å². The molecular formula is C11H19N3O2. The Morgan fingerprint density at radius 3 is 2.69 bits per heavy atom. The molecule has 0 spiro atoms. The van der Waals surface area contributed by atoms with Gasteiger partial charge in [-0.15, -0.1) is 0 Å². The van der Waals surface area contributed by atoms with E-state index in [9.17, 15) is 9.90 Å². The van der Waals surface area contributed by atoms with Gasteiger partial charge in [0.05, 0.1) is 6.20 Å². The molecule has 1 N–H and O–H groups in total. The molecule has 1 heterocycles. The highest BCUT2D eigenvalue weighted by Gasteiger charge is 2.35. The standard InChI is InChI=1S/C11H19N3O2/c1-5-11(2,10(15)16)13(3)7-9-6-12-14(4)8-9/h6,8H,5,7H2,1-4H3,(H,15,16). The highest BCUT2D eigenvalue weighted by Crippen LogP contribution is 2.20. The maximum atomic E-state index is 11.2. The topological polar surface area (TPSA) is 58.4 Å². The van der Waals surface area contributed by atoms with Gasteiger partial charge in [0.1, 0.15) is 5.54 Å². The Labute approximate surface area is 95.7 Å². The monoisotopic (exact) mass is 225 g/mol. The summed E-state index contributed by atoms with van der Waals surface area (Å²) < 4.78 is 1.72. The molecule has 1 rings (SSSR count). The fourth-order valence-electron chi connectivity index (χ4n) is 1.59. The predicted octanol–water partition coefficient (Wildman–Crippen LogP) is 1.11. The normalized spacial score (nSPS) is 15.1. The number of aliphatic carboxylic acids is 1. The van der Waals surface area contributed by atoms with Gasteiger partial charge in [-0.2, -0.15) is 5.10 Å². The lowest BCUT2D eigenvalue weighted by atomic mass is 9.97. The fraction of sp³-hybridized carbons (Fsp3) is 0.636. The number of carboxylic acids is 1. The summed E-state index contributed by atoms with van der Waals surface area (Å²) in [6.45, 7) is 4.21. The Morgan fingerprint density at radius 1 is 1.69 bits per heavy atom. The summed E-state index contributed by atoms with van der Waals surface area (Å²) in [6.07, 6.45) is 4.22. The molecule has 0 fully saturated rings. The Hall–Kier alpha value is -1.36. The average molecular weight is 225 g/mol. The highest BCUT2D eigenvalue weighted by atomic mass is 16.4. The van der Waals surface area contributed by atoms with E-state index in [1.54, 1.807) is 17.8 Å². The molecule has 1 atom stereocenters. The third-order valence-corrected chi connectivity index (χ3v) is 3.17. The van der Waals surface area contributed by atoms with E-state index >= 15 is 0 Å². The van der Waals surface area contributed by atoms with Crippen LogP contribution in [0.4, 0.5) is 0 Å². The second-order valence-corrected chi connectivity index (χ2v) is 4.31. The molecule has 90 valence electrons. The summed E-state index contributed by atoms with van der Waals surface area (Å²) in [5.74, 6) is -0.790. The number of aromatic nitrogens is 2. The maximum absolute atomic E-state index is 11.2. The van der Waals surface area contributed by atoms with Crippen molar-refractivity contribution >= 4 is 5.97 Å². The van der Waals surface area contributed by atoms with Gasteiger partial charge in [0.25, 0.3) is 0 Å². The zero-order valence-corrected chi connectivity index (χ0v) is 10.3. The van der Waals surface area contributed by atoms with Crippen molar-refractivity contribution in [2.45, 2.75) is 32.4 Å². The van der Waals surface area contributed by atoms with Crippen LogP contribution >= 0.6 is 0 Å². The number of rotatable bonds is 5. The van der Waals surface area contributed by atoms with Gasteiger partial charge in [0, 0.05) is 25.4 Å². The zero-order valence-electron chi connectivity index (χ0n) is 10.3. The Balaban J connectivity index is 2.77. The molecule has 1 unspecified atom stereocenters. The highest BCUT2D eigenvalue weighted by molar-refractivity contribution is 5.78. The van der Waals surface area contributed by atoms with Crippen molar-refractivity contribution in [1.29, 1.82) is 0 Å². The van der Waals surface area contributed by atoms with Crippen LogP contribution in [0.3, 0.4) is 0 Å². The number of aryl methyl sites for hydroxylation is 1. The molecule has 0 aromatic carbocycles. The third-order valence-electron chi connectivity index (χ3n) is 3.17. The van der Waals surface area contributed by atoms with Gasteiger partial charge in [-0.1, -0.05) is 6.92 Å². The molecule has 16 heavy (non-hydrogen) atoms. The first-order valence-corrected chi connectivity index (χ1v) is 5.32. The zero-order chi connectivity index (χ0) is 12.3. The Bertz CT molecular complexity index is 375. The number of hydrogen-bond acceptors (Lipinski definition) is 3. The van der Waals surface area contributed by atoms with Gasteiger partial charge in [-0.3, -0.25) is 14.4 Å². The van der Waals surface area contributed by atoms with E-state index in [4.69, 9.17) is 0 Å². The van der Waals surface area contributed by atoms with Crippen LogP contribution in [0.5, 0.6) is 0 Å². The second kappa shape index (κ2) is 4.65.